The van der Waals surface area contributed by atoms with E-state index in [1.54, 1.807) is 30.3 Å². The van der Waals surface area contributed by atoms with Crippen LogP contribution in [-0.4, -0.2) is 5.91 Å². The number of anilines is 1. The molecular formula is C15H13Cl3N2O. The molecule has 2 aromatic carbocycles. The van der Waals surface area contributed by atoms with Crippen molar-refractivity contribution >= 4 is 46.4 Å². The normalized spacial score (nSPS) is 12.0. The van der Waals surface area contributed by atoms with Gasteiger partial charge in [0.2, 0.25) is 0 Å². The van der Waals surface area contributed by atoms with Gasteiger partial charge in [-0.25, -0.2) is 0 Å². The van der Waals surface area contributed by atoms with Crippen LogP contribution in [-0.2, 0) is 0 Å². The van der Waals surface area contributed by atoms with Gasteiger partial charge in [0.1, 0.15) is 0 Å². The Kier molecular flexibility index (Phi) is 4.99. The van der Waals surface area contributed by atoms with Gasteiger partial charge in [0.15, 0.2) is 0 Å². The number of halogens is 3. The van der Waals surface area contributed by atoms with Gasteiger partial charge >= 0.3 is 0 Å². The molecule has 0 bridgehead atoms. The van der Waals surface area contributed by atoms with Crippen molar-refractivity contribution < 1.29 is 4.79 Å². The van der Waals surface area contributed by atoms with Crippen LogP contribution in [0.1, 0.15) is 28.9 Å². The largest absolute Gasteiger partial charge is 0.398 e. The van der Waals surface area contributed by atoms with E-state index in [0.29, 0.717) is 26.3 Å². The Morgan fingerprint density at radius 2 is 1.81 bits per heavy atom. The first kappa shape index (κ1) is 16.0. The maximum Gasteiger partial charge on any atom is 0.253 e. The Bertz CT molecular complexity index is 689. The van der Waals surface area contributed by atoms with Gasteiger partial charge in [-0.1, -0.05) is 40.9 Å². The van der Waals surface area contributed by atoms with Crippen LogP contribution < -0.4 is 11.1 Å². The zero-order valence-corrected chi connectivity index (χ0v) is 13.4. The van der Waals surface area contributed by atoms with E-state index in [0.717, 1.165) is 5.56 Å². The maximum absolute atomic E-state index is 12.2. The van der Waals surface area contributed by atoms with Crippen molar-refractivity contribution in [3.8, 4) is 0 Å². The second-order valence-electron chi connectivity index (χ2n) is 4.60. The third kappa shape index (κ3) is 3.82. The predicted molar refractivity (Wildman–Crippen MR) is 88.2 cm³/mol. The fourth-order valence-electron chi connectivity index (χ4n) is 1.88. The quantitative estimate of drug-likeness (QED) is 0.792. The summed E-state index contributed by atoms with van der Waals surface area (Å²) in [5.41, 5.74) is 7.36. The molecule has 2 aromatic rings. The minimum Gasteiger partial charge on any atom is -0.398 e. The zero-order valence-electron chi connectivity index (χ0n) is 11.2. The molecule has 0 fully saturated rings. The van der Waals surface area contributed by atoms with Crippen LogP contribution in [0.5, 0.6) is 0 Å². The number of hydrogen-bond acceptors (Lipinski definition) is 2. The van der Waals surface area contributed by atoms with Crippen LogP contribution in [0, 0.1) is 0 Å². The van der Waals surface area contributed by atoms with Gasteiger partial charge in [0, 0.05) is 10.7 Å². The highest BCUT2D eigenvalue weighted by Gasteiger charge is 2.14. The summed E-state index contributed by atoms with van der Waals surface area (Å²) in [4.78, 5) is 12.2. The van der Waals surface area contributed by atoms with Gasteiger partial charge < -0.3 is 11.1 Å². The van der Waals surface area contributed by atoms with Crippen molar-refractivity contribution in [1.29, 1.82) is 0 Å². The molecule has 6 heteroatoms. The number of nitrogen functional groups attached to an aromatic ring is 1. The SMILES string of the molecule is CC(NC(=O)c1ccc(Cl)cc1N)c1ccc(Cl)c(Cl)c1. The van der Waals surface area contributed by atoms with E-state index < -0.39 is 0 Å². The van der Waals surface area contributed by atoms with E-state index in [1.807, 2.05) is 13.0 Å². The molecule has 0 radical (unpaired) electrons. The van der Waals surface area contributed by atoms with Gasteiger partial charge in [-0.3, -0.25) is 4.79 Å². The van der Waals surface area contributed by atoms with Gasteiger partial charge in [-0.15, -0.1) is 0 Å². The molecule has 1 atom stereocenters. The summed E-state index contributed by atoms with van der Waals surface area (Å²) >= 11 is 17.7. The van der Waals surface area contributed by atoms with E-state index in [4.69, 9.17) is 40.5 Å². The number of hydrogen-bond donors (Lipinski definition) is 2. The molecule has 0 spiro atoms. The minimum absolute atomic E-state index is 0.234. The average Bonchev–Trinajstić information content (AvgIpc) is 2.41. The molecule has 0 aliphatic heterocycles. The van der Waals surface area contributed by atoms with Crippen LogP contribution in [0.4, 0.5) is 5.69 Å². The fraction of sp³-hybridized carbons (Fsp3) is 0.133. The van der Waals surface area contributed by atoms with E-state index >= 15 is 0 Å². The predicted octanol–water partition coefficient (Wildman–Crippen LogP) is 4.72. The summed E-state index contributed by atoms with van der Waals surface area (Å²) in [5, 5.41) is 4.26. The Morgan fingerprint density at radius 1 is 1.10 bits per heavy atom. The van der Waals surface area contributed by atoms with Crippen molar-refractivity contribution in [2.75, 3.05) is 5.73 Å². The van der Waals surface area contributed by atoms with Gasteiger partial charge in [-0.2, -0.15) is 0 Å². The van der Waals surface area contributed by atoms with Crippen molar-refractivity contribution in [3.63, 3.8) is 0 Å². The molecule has 0 aliphatic carbocycles. The molecule has 1 unspecified atom stereocenters. The molecule has 3 N–H and O–H groups in total. The lowest BCUT2D eigenvalue weighted by atomic mass is 10.1. The molecule has 110 valence electrons. The first-order chi connectivity index (χ1) is 9.88. The third-order valence-corrected chi connectivity index (χ3v) is 4.02. The fourth-order valence-corrected chi connectivity index (χ4v) is 2.37. The number of nitrogens with two attached hydrogens (primary N) is 1. The number of amides is 1. The van der Waals surface area contributed by atoms with E-state index in [1.165, 1.54) is 0 Å². The van der Waals surface area contributed by atoms with E-state index in [-0.39, 0.29) is 11.9 Å². The second kappa shape index (κ2) is 6.56. The Hall–Kier alpha value is -1.42. The summed E-state index contributed by atoms with van der Waals surface area (Å²) in [5.74, 6) is -0.275. The summed E-state index contributed by atoms with van der Waals surface area (Å²) in [6, 6.07) is 9.75. The molecular weight excluding hydrogens is 331 g/mol. The van der Waals surface area contributed by atoms with Crippen molar-refractivity contribution in [3.05, 3.63) is 62.6 Å². The summed E-state index contributed by atoms with van der Waals surface area (Å²) in [6.07, 6.45) is 0. The molecule has 3 nitrogen and oxygen atoms in total. The van der Waals surface area contributed by atoms with Crippen LogP contribution in [0.3, 0.4) is 0 Å². The Balaban J connectivity index is 2.16. The van der Waals surface area contributed by atoms with Gasteiger partial charge in [0.05, 0.1) is 21.7 Å². The Labute approximate surface area is 138 Å². The van der Waals surface area contributed by atoms with Crippen LogP contribution in [0.15, 0.2) is 36.4 Å². The monoisotopic (exact) mass is 342 g/mol. The lowest BCUT2D eigenvalue weighted by Gasteiger charge is -2.16. The number of rotatable bonds is 3. The number of carbonyl (C=O) groups is 1. The molecule has 0 saturated carbocycles. The lowest BCUT2D eigenvalue weighted by Crippen LogP contribution is -2.27. The molecule has 21 heavy (non-hydrogen) atoms. The van der Waals surface area contributed by atoms with Crippen molar-refractivity contribution in [2.45, 2.75) is 13.0 Å². The highest BCUT2D eigenvalue weighted by Crippen LogP contribution is 2.26. The molecule has 0 aliphatic rings. The molecule has 0 aromatic heterocycles. The van der Waals surface area contributed by atoms with Gasteiger partial charge in [0.25, 0.3) is 5.91 Å². The third-order valence-electron chi connectivity index (χ3n) is 3.05. The van der Waals surface area contributed by atoms with Crippen molar-refractivity contribution in [1.82, 2.24) is 5.32 Å². The molecule has 0 heterocycles. The van der Waals surface area contributed by atoms with Crippen LogP contribution in [0.2, 0.25) is 15.1 Å². The van der Waals surface area contributed by atoms with Gasteiger partial charge in [-0.05, 0) is 42.8 Å². The highest BCUT2D eigenvalue weighted by molar-refractivity contribution is 6.42. The molecule has 2 rings (SSSR count). The standard InChI is InChI=1S/C15H13Cl3N2O/c1-8(9-2-5-12(17)13(18)6-9)20-15(21)11-4-3-10(16)7-14(11)19/h2-8H,19H2,1H3,(H,20,21). The Morgan fingerprint density at radius 3 is 2.43 bits per heavy atom. The number of nitrogens with one attached hydrogen (secondary N) is 1. The van der Waals surface area contributed by atoms with Crippen LogP contribution >= 0.6 is 34.8 Å². The number of benzene rings is 2. The van der Waals surface area contributed by atoms with Crippen molar-refractivity contribution in [2.24, 2.45) is 0 Å². The smallest absolute Gasteiger partial charge is 0.253 e. The average molecular weight is 344 g/mol. The summed E-state index contributed by atoms with van der Waals surface area (Å²) < 4.78 is 0. The first-order valence-corrected chi connectivity index (χ1v) is 7.32. The summed E-state index contributed by atoms with van der Waals surface area (Å²) in [7, 11) is 0. The number of carbonyl (C=O) groups excluding carboxylic acids is 1. The van der Waals surface area contributed by atoms with E-state index in [2.05, 4.69) is 5.32 Å². The zero-order chi connectivity index (χ0) is 15.6. The molecule has 1 amide bonds. The first-order valence-electron chi connectivity index (χ1n) is 6.19. The second-order valence-corrected chi connectivity index (χ2v) is 5.85. The minimum atomic E-state index is -0.275. The maximum atomic E-state index is 12.2. The van der Waals surface area contributed by atoms with E-state index in [9.17, 15) is 4.79 Å². The molecule has 0 saturated heterocycles. The topological polar surface area (TPSA) is 55.1 Å². The van der Waals surface area contributed by atoms with Crippen LogP contribution in [0.25, 0.3) is 0 Å². The highest BCUT2D eigenvalue weighted by atomic mass is 35.5. The summed E-state index contributed by atoms with van der Waals surface area (Å²) in [6.45, 7) is 1.85. The lowest BCUT2D eigenvalue weighted by molar-refractivity contribution is 0.0941.